The van der Waals surface area contributed by atoms with Crippen LogP contribution in [0.25, 0.3) is 5.65 Å². The van der Waals surface area contributed by atoms with E-state index in [0.717, 1.165) is 36.4 Å². The van der Waals surface area contributed by atoms with Gasteiger partial charge in [0.25, 0.3) is 5.56 Å². The number of hydrogen-bond donors (Lipinski definition) is 1. The van der Waals surface area contributed by atoms with Crippen molar-refractivity contribution in [3.63, 3.8) is 0 Å². The largest absolute Gasteiger partial charge is 0.331 e. The van der Waals surface area contributed by atoms with Gasteiger partial charge in [0.15, 0.2) is 0 Å². The fraction of sp³-hybridized carbons (Fsp3) is 0.538. The van der Waals surface area contributed by atoms with Crippen LogP contribution in [0.4, 0.5) is 0 Å². The lowest BCUT2D eigenvalue weighted by atomic mass is 10.1. The quantitative estimate of drug-likeness (QED) is 0.860. The van der Waals surface area contributed by atoms with E-state index in [9.17, 15) is 4.79 Å². The molecule has 1 N–H and O–H groups in total. The SMILES string of the molecule is CCc1cc2n(C)c(C3CCCN3)cc(=O)n2n1. The summed E-state index contributed by atoms with van der Waals surface area (Å²) in [5, 5.41) is 7.76. The third-order valence-corrected chi connectivity index (χ3v) is 3.73. The Morgan fingerprint density at radius 2 is 2.33 bits per heavy atom. The maximum atomic E-state index is 12.1. The minimum atomic E-state index is -0.0356. The summed E-state index contributed by atoms with van der Waals surface area (Å²) < 4.78 is 3.58. The van der Waals surface area contributed by atoms with Crippen molar-refractivity contribution in [3.05, 3.63) is 33.9 Å². The number of hydrogen-bond acceptors (Lipinski definition) is 3. The van der Waals surface area contributed by atoms with Crippen LogP contribution in [0.1, 0.15) is 37.2 Å². The van der Waals surface area contributed by atoms with E-state index in [4.69, 9.17) is 0 Å². The van der Waals surface area contributed by atoms with Crippen molar-refractivity contribution in [2.24, 2.45) is 7.05 Å². The molecule has 5 nitrogen and oxygen atoms in total. The minimum absolute atomic E-state index is 0.0356. The molecule has 0 spiro atoms. The van der Waals surface area contributed by atoms with E-state index in [1.54, 1.807) is 6.07 Å². The van der Waals surface area contributed by atoms with Crippen LogP contribution in [0.5, 0.6) is 0 Å². The van der Waals surface area contributed by atoms with E-state index in [1.165, 1.54) is 10.9 Å². The number of rotatable bonds is 2. The molecule has 0 radical (unpaired) electrons. The zero-order valence-electron chi connectivity index (χ0n) is 10.8. The summed E-state index contributed by atoms with van der Waals surface area (Å²) in [7, 11) is 2.01. The molecule has 96 valence electrons. The smallest absolute Gasteiger partial charge is 0.274 e. The molecule has 18 heavy (non-hydrogen) atoms. The molecule has 0 aromatic carbocycles. The lowest BCUT2D eigenvalue weighted by Gasteiger charge is -2.16. The van der Waals surface area contributed by atoms with Crippen molar-refractivity contribution in [2.75, 3.05) is 6.54 Å². The van der Waals surface area contributed by atoms with E-state index < -0.39 is 0 Å². The summed E-state index contributed by atoms with van der Waals surface area (Å²) in [5.74, 6) is 0. The second-order valence-corrected chi connectivity index (χ2v) is 4.87. The van der Waals surface area contributed by atoms with Crippen LogP contribution in [0, 0.1) is 0 Å². The van der Waals surface area contributed by atoms with Crippen molar-refractivity contribution in [3.8, 4) is 0 Å². The molecule has 2 aromatic rings. The Labute approximate surface area is 105 Å². The van der Waals surface area contributed by atoms with E-state index in [-0.39, 0.29) is 5.56 Å². The first-order valence-electron chi connectivity index (χ1n) is 6.52. The monoisotopic (exact) mass is 246 g/mol. The Hall–Kier alpha value is -1.62. The molecular formula is C13H18N4O. The minimum Gasteiger partial charge on any atom is -0.331 e. The van der Waals surface area contributed by atoms with Gasteiger partial charge in [-0.25, -0.2) is 0 Å². The van der Waals surface area contributed by atoms with Crippen molar-refractivity contribution in [1.82, 2.24) is 19.5 Å². The molecule has 3 heterocycles. The van der Waals surface area contributed by atoms with E-state index in [1.807, 2.05) is 20.0 Å². The summed E-state index contributed by atoms with van der Waals surface area (Å²) in [5.41, 5.74) is 2.86. The molecule has 1 aliphatic heterocycles. The van der Waals surface area contributed by atoms with Crippen LogP contribution >= 0.6 is 0 Å². The summed E-state index contributed by atoms with van der Waals surface area (Å²) in [6, 6.07) is 4.01. The normalized spacial score (nSPS) is 19.8. The molecule has 1 saturated heterocycles. The molecule has 2 aromatic heterocycles. The molecule has 1 aliphatic rings. The van der Waals surface area contributed by atoms with Gasteiger partial charge in [0.1, 0.15) is 5.65 Å². The van der Waals surface area contributed by atoms with Crippen LogP contribution in [0.3, 0.4) is 0 Å². The summed E-state index contributed by atoms with van der Waals surface area (Å²) >= 11 is 0. The van der Waals surface area contributed by atoms with Gasteiger partial charge in [-0.15, -0.1) is 0 Å². The van der Waals surface area contributed by atoms with Gasteiger partial charge in [-0.1, -0.05) is 6.92 Å². The Balaban J connectivity index is 2.22. The number of nitrogens with zero attached hydrogens (tertiary/aromatic N) is 3. The highest BCUT2D eigenvalue weighted by Crippen LogP contribution is 2.22. The summed E-state index contributed by atoms with van der Waals surface area (Å²) in [6.07, 6.45) is 3.11. The number of fused-ring (bicyclic) bond motifs is 1. The molecule has 1 atom stereocenters. The Morgan fingerprint density at radius 3 is 3.00 bits per heavy atom. The maximum Gasteiger partial charge on any atom is 0.274 e. The molecule has 0 aliphatic carbocycles. The third kappa shape index (κ3) is 1.66. The van der Waals surface area contributed by atoms with Crippen LogP contribution in [-0.2, 0) is 13.5 Å². The van der Waals surface area contributed by atoms with E-state index in [0.29, 0.717) is 6.04 Å². The van der Waals surface area contributed by atoms with Gasteiger partial charge in [0, 0.05) is 30.9 Å². The van der Waals surface area contributed by atoms with Gasteiger partial charge < -0.3 is 9.88 Å². The number of aromatic nitrogens is 3. The molecule has 5 heteroatoms. The Bertz CT molecular complexity index is 634. The molecule has 0 amide bonds. The van der Waals surface area contributed by atoms with E-state index >= 15 is 0 Å². The lowest BCUT2D eigenvalue weighted by Crippen LogP contribution is -2.24. The first-order valence-corrected chi connectivity index (χ1v) is 6.52. The topological polar surface area (TPSA) is 51.3 Å². The lowest BCUT2D eigenvalue weighted by molar-refractivity contribution is 0.589. The second-order valence-electron chi connectivity index (χ2n) is 4.87. The van der Waals surface area contributed by atoms with Gasteiger partial charge in [-0.3, -0.25) is 4.79 Å². The summed E-state index contributed by atoms with van der Waals surface area (Å²) in [4.78, 5) is 12.1. The second kappa shape index (κ2) is 4.24. The molecule has 1 unspecified atom stereocenters. The highest BCUT2D eigenvalue weighted by Gasteiger charge is 2.20. The van der Waals surface area contributed by atoms with Gasteiger partial charge in [-0.05, 0) is 25.8 Å². The highest BCUT2D eigenvalue weighted by atomic mass is 16.1. The van der Waals surface area contributed by atoms with Crippen LogP contribution in [0.15, 0.2) is 16.9 Å². The fourth-order valence-corrected chi connectivity index (χ4v) is 2.68. The first kappa shape index (κ1) is 11.5. The van der Waals surface area contributed by atoms with Gasteiger partial charge in [0.2, 0.25) is 0 Å². The predicted octanol–water partition coefficient (Wildman–Crippen LogP) is 1.02. The van der Waals surface area contributed by atoms with Gasteiger partial charge >= 0.3 is 0 Å². The van der Waals surface area contributed by atoms with E-state index in [2.05, 4.69) is 15.0 Å². The highest BCUT2D eigenvalue weighted by molar-refractivity contribution is 5.42. The molecule has 0 bridgehead atoms. The molecule has 3 rings (SSSR count). The van der Waals surface area contributed by atoms with Gasteiger partial charge in [-0.2, -0.15) is 9.61 Å². The molecule has 1 fully saturated rings. The molecular weight excluding hydrogens is 228 g/mol. The van der Waals surface area contributed by atoms with Crippen LogP contribution in [0.2, 0.25) is 0 Å². The fourth-order valence-electron chi connectivity index (χ4n) is 2.68. The van der Waals surface area contributed by atoms with Crippen molar-refractivity contribution in [2.45, 2.75) is 32.2 Å². The predicted molar refractivity (Wildman–Crippen MR) is 69.8 cm³/mol. The van der Waals surface area contributed by atoms with Gasteiger partial charge in [0.05, 0.1) is 5.69 Å². The first-order chi connectivity index (χ1) is 8.70. The number of nitrogens with one attached hydrogen (secondary N) is 1. The number of aryl methyl sites for hydroxylation is 2. The average Bonchev–Trinajstić information content (AvgIpc) is 3.01. The molecule has 0 saturated carbocycles. The summed E-state index contributed by atoms with van der Waals surface area (Å²) in [6.45, 7) is 3.08. The average molecular weight is 246 g/mol. The zero-order chi connectivity index (χ0) is 12.7. The van der Waals surface area contributed by atoms with Crippen molar-refractivity contribution >= 4 is 5.65 Å². The van der Waals surface area contributed by atoms with Crippen LogP contribution < -0.4 is 10.9 Å². The van der Waals surface area contributed by atoms with Crippen molar-refractivity contribution in [1.29, 1.82) is 0 Å². The maximum absolute atomic E-state index is 12.1. The van der Waals surface area contributed by atoms with Crippen LogP contribution in [-0.4, -0.2) is 20.7 Å². The Morgan fingerprint density at radius 1 is 1.50 bits per heavy atom. The zero-order valence-corrected chi connectivity index (χ0v) is 10.8. The third-order valence-electron chi connectivity index (χ3n) is 3.73. The Kier molecular flexibility index (Phi) is 2.70. The van der Waals surface area contributed by atoms with Crippen molar-refractivity contribution < 1.29 is 0 Å². The standard InChI is InChI=1S/C13H18N4O/c1-3-9-7-12-16(2)11(10-5-4-6-14-10)8-13(18)17(12)15-9/h7-8,10,14H,3-6H2,1-2H3.